The van der Waals surface area contributed by atoms with Crippen LogP contribution in [0.25, 0.3) is 0 Å². The van der Waals surface area contributed by atoms with Crippen molar-refractivity contribution >= 4 is 58.4 Å². The van der Waals surface area contributed by atoms with Crippen molar-refractivity contribution < 1.29 is 19.2 Å². The van der Waals surface area contributed by atoms with Crippen LogP contribution in [0.1, 0.15) is 39.0 Å². The average molecular weight is 452 g/mol. The number of anilines is 2. The number of carbonyl (C=O) groups is 4. The number of hydrogen-bond donors (Lipinski definition) is 2. The molecule has 1 saturated carbocycles. The molecular weight excluding hydrogens is 426 g/mol. The molecule has 4 amide bonds. The van der Waals surface area contributed by atoms with Crippen LogP contribution >= 0.6 is 23.4 Å². The van der Waals surface area contributed by atoms with E-state index in [0.717, 1.165) is 12.8 Å². The average Bonchev–Trinajstić information content (AvgIpc) is 2.96. The molecule has 1 aliphatic carbocycles. The summed E-state index contributed by atoms with van der Waals surface area (Å²) in [6.07, 6.45) is 5.55. The van der Waals surface area contributed by atoms with Crippen molar-refractivity contribution in [2.75, 3.05) is 22.6 Å². The summed E-state index contributed by atoms with van der Waals surface area (Å²) in [4.78, 5) is 51.7. The number of carbonyl (C=O) groups excluding carboxylic acids is 4. The Labute approximate surface area is 185 Å². The molecule has 0 spiro atoms. The second-order valence-corrected chi connectivity index (χ2v) is 9.10. The monoisotopic (exact) mass is 451 g/mol. The first-order valence-corrected chi connectivity index (χ1v) is 11.8. The molecule has 162 valence electrons. The second-order valence-electron chi connectivity index (χ2n) is 7.71. The van der Waals surface area contributed by atoms with Crippen molar-refractivity contribution in [2.24, 2.45) is 11.8 Å². The smallest absolute Gasteiger partial charge is 0.247 e. The van der Waals surface area contributed by atoms with Gasteiger partial charge in [0.15, 0.2) is 0 Å². The Morgan fingerprint density at radius 3 is 2.37 bits per heavy atom. The van der Waals surface area contributed by atoms with Gasteiger partial charge in [-0.25, -0.2) is 0 Å². The summed E-state index contributed by atoms with van der Waals surface area (Å²) in [5.41, 5.74) is 0.806. The Hall–Kier alpha value is -2.06. The van der Waals surface area contributed by atoms with Crippen LogP contribution in [0.15, 0.2) is 18.2 Å². The van der Waals surface area contributed by atoms with Gasteiger partial charge in [-0.05, 0) is 49.5 Å². The maximum Gasteiger partial charge on any atom is 0.247 e. The third-order valence-corrected chi connectivity index (χ3v) is 6.60. The van der Waals surface area contributed by atoms with Crippen molar-refractivity contribution in [3.63, 3.8) is 0 Å². The van der Waals surface area contributed by atoms with Gasteiger partial charge in [0.05, 0.1) is 22.5 Å². The first-order valence-electron chi connectivity index (χ1n) is 10.1. The molecule has 7 nitrogen and oxygen atoms in total. The maximum absolute atomic E-state index is 13.2. The van der Waals surface area contributed by atoms with E-state index in [1.54, 1.807) is 30.0 Å². The number of nitrogens with zero attached hydrogens (tertiary/aromatic N) is 1. The van der Waals surface area contributed by atoms with Crippen molar-refractivity contribution in [1.29, 1.82) is 0 Å². The van der Waals surface area contributed by atoms with Crippen LogP contribution in [0.2, 0.25) is 5.02 Å². The van der Waals surface area contributed by atoms with Crippen LogP contribution in [0.5, 0.6) is 0 Å². The molecule has 3 atom stereocenters. The summed E-state index contributed by atoms with van der Waals surface area (Å²) in [7, 11) is 0. The lowest BCUT2D eigenvalue weighted by Crippen LogP contribution is -2.48. The molecule has 1 saturated heterocycles. The van der Waals surface area contributed by atoms with Gasteiger partial charge in [-0.15, -0.1) is 0 Å². The van der Waals surface area contributed by atoms with Crippen molar-refractivity contribution in [3.05, 3.63) is 23.2 Å². The minimum absolute atomic E-state index is 0.232. The zero-order valence-electron chi connectivity index (χ0n) is 17.1. The zero-order chi connectivity index (χ0) is 21.8. The fourth-order valence-electron chi connectivity index (χ4n) is 4.22. The van der Waals surface area contributed by atoms with Crippen LogP contribution in [-0.2, 0) is 19.2 Å². The van der Waals surface area contributed by atoms with Crippen molar-refractivity contribution in [2.45, 2.75) is 45.1 Å². The second kappa shape index (κ2) is 9.83. The summed E-state index contributed by atoms with van der Waals surface area (Å²) >= 11 is 7.77. The molecule has 30 heavy (non-hydrogen) atoms. The van der Waals surface area contributed by atoms with Gasteiger partial charge in [-0.2, -0.15) is 11.8 Å². The minimum Gasteiger partial charge on any atom is -0.326 e. The topological polar surface area (TPSA) is 95.6 Å². The molecule has 2 N–H and O–H groups in total. The number of amides is 4. The minimum atomic E-state index is -0.886. The van der Waals surface area contributed by atoms with E-state index in [-0.39, 0.29) is 29.6 Å². The molecule has 9 heteroatoms. The van der Waals surface area contributed by atoms with Crippen molar-refractivity contribution in [3.8, 4) is 0 Å². The molecule has 2 aliphatic rings. The number of benzene rings is 1. The molecule has 0 bridgehead atoms. The molecular formula is C21H26ClN3O4S. The van der Waals surface area contributed by atoms with E-state index in [2.05, 4.69) is 10.6 Å². The molecule has 1 aliphatic heterocycles. The predicted molar refractivity (Wildman–Crippen MR) is 118 cm³/mol. The summed E-state index contributed by atoms with van der Waals surface area (Å²) < 4.78 is 0. The van der Waals surface area contributed by atoms with Crippen molar-refractivity contribution in [1.82, 2.24) is 4.90 Å². The third kappa shape index (κ3) is 4.81. The third-order valence-electron chi connectivity index (χ3n) is 5.63. The molecule has 0 aromatic heterocycles. The number of imide groups is 1. The highest BCUT2D eigenvalue weighted by Gasteiger charge is 2.51. The summed E-state index contributed by atoms with van der Waals surface area (Å²) in [5.74, 6) is -1.14. The molecule has 2 fully saturated rings. The lowest BCUT2D eigenvalue weighted by Gasteiger charge is -2.26. The fourth-order valence-corrected chi connectivity index (χ4v) is 4.84. The lowest BCUT2D eigenvalue weighted by molar-refractivity contribution is -0.146. The first kappa shape index (κ1) is 22.6. The van der Waals surface area contributed by atoms with Gasteiger partial charge in [0.25, 0.3) is 0 Å². The highest BCUT2D eigenvalue weighted by Crippen LogP contribution is 2.39. The van der Waals surface area contributed by atoms with Gasteiger partial charge in [-0.1, -0.05) is 24.4 Å². The maximum atomic E-state index is 13.2. The number of rotatable bonds is 7. The molecule has 0 radical (unpaired) electrons. The molecule has 1 aromatic carbocycles. The quantitative estimate of drug-likeness (QED) is 0.618. The Morgan fingerprint density at radius 2 is 1.80 bits per heavy atom. The molecule has 3 rings (SSSR count). The predicted octanol–water partition coefficient (Wildman–Crippen LogP) is 3.53. The largest absolute Gasteiger partial charge is 0.326 e. The summed E-state index contributed by atoms with van der Waals surface area (Å²) in [6.45, 7) is 1.38. The number of fused-ring (bicyclic) bond motifs is 1. The van der Waals surface area contributed by atoms with Gasteiger partial charge in [-0.3, -0.25) is 24.1 Å². The normalized spacial score (nSPS) is 21.9. The Balaban J connectivity index is 1.84. The SMILES string of the molecule is CSCCC(C(=O)Nc1cc(NC(C)=O)ccc1Cl)N1C(=O)C2CCCCC2C1=O. The Bertz CT molecular complexity index is 839. The molecule has 1 heterocycles. The van der Waals surface area contributed by atoms with E-state index < -0.39 is 11.9 Å². The zero-order valence-corrected chi connectivity index (χ0v) is 18.6. The summed E-state index contributed by atoms with van der Waals surface area (Å²) in [6, 6.07) is 3.87. The van der Waals surface area contributed by atoms with Crippen LogP contribution in [-0.4, -0.2) is 46.6 Å². The number of nitrogens with one attached hydrogen (secondary N) is 2. The van der Waals surface area contributed by atoms with E-state index >= 15 is 0 Å². The fraction of sp³-hybridized carbons (Fsp3) is 0.524. The van der Waals surface area contributed by atoms with Crippen LogP contribution in [0, 0.1) is 11.8 Å². The number of halogens is 1. The standard InChI is InChI=1S/C21H26ClN3O4S/c1-12(26)23-13-7-8-16(22)17(11-13)24-19(27)18(9-10-30-2)25-20(28)14-5-3-4-6-15(14)21(25)29/h7-8,11,14-15,18H,3-6,9-10H2,1-2H3,(H,23,26)(H,24,27). The Morgan fingerprint density at radius 1 is 1.17 bits per heavy atom. The van der Waals surface area contributed by atoms with E-state index in [1.165, 1.54) is 11.8 Å². The van der Waals surface area contributed by atoms with Crippen LogP contribution < -0.4 is 10.6 Å². The molecule has 1 aromatic rings. The van der Waals surface area contributed by atoms with Gasteiger partial charge in [0.1, 0.15) is 6.04 Å². The van der Waals surface area contributed by atoms with E-state index in [4.69, 9.17) is 11.6 Å². The summed E-state index contributed by atoms with van der Waals surface area (Å²) in [5, 5.41) is 5.70. The Kier molecular flexibility index (Phi) is 7.41. The highest BCUT2D eigenvalue weighted by atomic mass is 35.5. The lowest BCUT2D eigenvalue weighted by atomic mass is 9.81. The first-order chi connectivity index (χ1) is 14.3. The highest BCUT2D eigenvalue weighted by molar-refractivity contribution is 7.98. The number of likely N-dealkylation sites (tertiary alicyclic amines) is 1. The molecule has 3 unspecified atom stereocenters. The van der Waals surface area contributed by atoms with Gasteiger partial charge in [0, 0.05) is 12.6 Å². The van der Waals surface area contributed by atoms with E-state index in [9.17, 15) is 19.2 Å². The number of thioether (sulfide) groups is 1. The van der Waals surface area contributed by atoms with Gasteiger partial charge >= 0.3 is 0 Å². The number of hydrogen-bond acceptors (Lipinski definition) is 5. The van der Waals surface area contributed by atoms with E-state index in [1.807, 2.05) is 6.26 Å². The van der Waals surface area contributed by atoms with E-state index in [0.29, 0.717) is 41.4 Å². The van der Waals surface area contributed by atoms with Crippen LogP contribution in [0.4, 0.5) is 11.4 Å². The van der Waals surface area contributed by atoms with Crippen LogP contribution in [0.3, 0.4) is 0 Å². The van der Waals surface area contributed by atoms with Gasteiger partial charge < -0.3 is 10.6 Å². The van der Waals surface area contributed by atoms with Gasteiger partial charge in [0.2, 0.25) is 23.6 Å².